The highest BCUT2D eigenvalue weighted by Crippen LogP contribution is 2.38. The predicted octanol–water partition coefficient (Wildman–Crippen LogP) is 3.87. The van der Waals surface area contributed by atoms with Crippen LogP contribution in [0.4, 0.5) is 4.39 Å². The van der Waals surface area contributed by atoms with Crippen LogP contribution in [0.5, 0.6) is 0 Å². The summed E-state index contributed by atoms with van der Waals surface area (Å²) in [5, 5.41) is 0. The molecule has 170 valence electrons. The van der Waals surface area contributed by atoms with Crippen molar-refractivity contribution in [2.24, 2.45) is 11.3 Å². The van der Waals surface area contributed by atoms with Crippen molar-refractivity contribution in [3.8, 4) is 0 Å². The average Bonchev–Trinajstić information content (AvgIpc) is 2.80. The van der Waals surface area contributed by atoms with Crippen molar-refractivity contribution >= 4 is 11.8 Å². The molecule has 1 aromatic carbocycles. The molecule has 6 heteroatoms. The van der Waals surface area contributed by atoms with Gasteiger partial charge in [0, 0.05) is 45.0 Å². The minimum absolute atomic E-state index is 0.0465. The summed E-state index contributed by atoms with van der Waals surface area (Å²) in [6.07, 6.45) is 6.51. The fourth-order valence-corrected chi connectivity index (χ4v) is 5.32. The molecule has 32 heavy (non-hydrogen) atoms. The molecule has 0 aliphatic carbocycles. The molecule has 1 aromatic heterocycles. The first-order chi connectivity index (χ1) is 15.4. The first-order valence-electron chi connectivity index (χ1n) is 11.6. The van der Waals surface area contributed by atoms with Crippen molar-refractivity contribution in [2.75, 3.05) is 26.2 Å². The van der Waals surface area contributed by atoms with Gasteiger partial charge in [-0.25, -0.2) is 4.39 Å². The van der Waals surface area contributed by atoms with Gasteiger partial charge >= 0.3 is 0 Å². The number of pyridine rings is 1. The fraction of sp³-hybridized carbons (Fsp3) is 0.500. The first-order valence-corrected chi connectivity index (χ1v) is 11.6. The smallest absolute Gasteiger partial charge is 0.229 e. The molecule has 2 aromatic rings. The number of amides is 2. The summed E-state index contributed by atoms with van der Waals surface area (Å²) in [5.74, 6) is 0.326. The Morgan fingerprint density at radius 1 is 1.09 bits per heavy atom. The van der Waals surface area contributed by atoms with Gasteiger partial charge in [0.2, 0.25) is 11.8 Å². The van der Waals surface area contributed by atoms with Crippen LogP contribution in [0.1, 0.15) is 43.9 Å². The van der Waals surface area contributed by atoms with E-state index in [2.05, 4.69) is 4.98 Å². The van der Waals surface area contributed by atoms with Crippen LogP contribution in [0.25, 0.3) is 0 Å². The summed E-state index contributed by atoms with van der Waals surface area (Å²) in [6.45, 7) is 4.22. The van der Waals surface area contributed by atoms with E-state index < -0.39 is 5.41 Å². The van der Waals surface area contributed by atoms with Crippen LogP contribution in [-0.2, 0) is 22.4 Å². The molecule has 5 nitrogen and oxygen atoms in total. The number of nitrogens with zero attached hydrogens (tertiary/aromatic N) is 3. The summed E-state index contributed by atoms with van der Waals surface area (Å²) >= 11 is 0. The van der Waals surface area contributed by atoms with Crippen LogP contribution in [0, 0.1) is 17.2 Å². The molecule has 2 fully saturated rings. The Morgan fingerprint density at radius 3 is 2.59 bits per heavy atom. The van der Waals surface area contributed by atoms with E-state index in [0.717, 1.165) is 43.6 Å². The molecule has 2 amide bonds. The largest absolute Gasteiger partial charge is 0.343 e. The molecule has 2 aliphatic heterocycles. The van der Waals surface area contributed by atoms with Gasteiger partial charge in [-0.1, -0.05) is 18.2 Å². The average molecular weight is 438 g/mol. The molecular weight excluding hydrogens is 405 g/mol. The van der Waals surface area contributed by atoms with Gasteiger partial charge in [0.25, 0.3) is 0 Å². The number of halogens is 1. The van der Waals surface area contributed by atoms with Crippen molar-refractivity contribution in [1.82, 2.24) is 14.8 Å². The number of hydrogen-bond acceptors (Lipinski definition) is 3. The summed E-state index contributed by atoms with van der Waals surface area (Å²) in [7, 11) is 0. The van der Waals surface area contributed by atoms with Crippen LogP contribution < -0.4 is 0 Å². The summed E-state index contributed by atoms with van der Waals surface area (Å²) in [6, 6.07) is 12.5. The Hall–Kier alpha value is -2.76. The highest BCUT2D eigenvalue weighted by atomic mass is 19.1. The van der Waals surface area contributed by atoms with E-state index in [-0.39, 0.29) is 17.6 Å². The van der Waals surface area contributed by atoms with Crippen LogP contribution in [-0.4, -0.2) is 52.8 Å². The fourth-order valence-electron chi connectivity index (χ4n) is 5.32. The van der Waals surface area contributed by atoms with Crippen molar-refractivity contribution in [3.63, 3.8) is 0 Å². The van der Waals surface area contributed by atoms with Gasteiger partial charge in [0.1, 0.15) is 5.82 Å². The van der Waals surface area contributed by atoms with Crippen molar-refractivity contribution in [1.29, 1.82) is 0 Å². The quantitative estimate of drug-likeness (QED) is 0.714. The molecule has 0 radical (unpaired) electrons. The second kappa shape index (κ2) is 9.80. The predicted molar refractivity (Wildman–Crippen MR) is 121 cm³/mol. The lowest BCUT2D eigenvalue weighted by molar-refractivity contribution is -0.149. The third-order valence-corrected chi connectivity index (χ3v) is 7.08. The molecule has 3 heterocycles. The molecule has 0 unspecified atom stereocenters. The molecule has 0 saturated carbocycles. The zero-order valence-electron chi connectivity index (χ0n) is 18.8. The van der Waals surface area contributed by atoms with Crippen molar-refractivity contribution in [2.45, 2.75) is 45.4 Å². The van der Waals surface area contributed by atoms with E-state index in [9.17, 15) is 14.0 Å². The molecule has 0 N–H and O–H groups in total. The highest BCUT2D eigenvalue weighted by molar-refractivity contribution is 5.84. The number of piperidine rings is 2. The summed E-state index contributed by atoms with van der Waals surface area (Å²) in [5.41, 5.74) is 1.32. The lowest BCUT2D eigenvalue weighted by atomic mass is 9.72. The molecule has 0 spiro atoms. The van der Waals surface area contributed by atoms with E-state index in [1.165, 1.54) is 12.1 Å². The maximum Gasteiger partial charge on any atom is 0.229 e. The van der Waals surface area contributed by atoms with E-state index in [1.54, 1.807) is 13.0 Å². The number of benzene rings is 1. The second-order valence-corrected chi connectivity index (χ2v) is 9.38. The third-order valence-electron chi connectivity index (χ3n) is 7.08. The zero-order chi connectivity index (χ0) is 22.6. The number of carbonyl (C=O) groups excluding carboxylic acids is 2. The lowest BCUT2D eigenvalue weighted by Gasteiger charge is -2.45. The van der Waals surface area contributed by atoms with Crippen LogP contribution in [0.3, 0.4) is 0 Å². The van der Waals surface area contributed by atoms with E-state index >= 15 is 0 Å². The Balaban J connectivity index is 1.52. The maximum atomic E-state index is 14.0. The first kappa shape index (κ1) is 22.4. The Kier molecular flexibility index (Phi) is 6.87. The Labute approximate surface area is 189 Å². The third kappa shape index (κ3) is 5.17. The van der Waals surface area contributed by atoms with Gasteiger partial charge in [-0.15, -0.1) is 0 Å². The number of hydrogen-bond donors (Lipinski definition) is 0. The second-order valence-electron chi connectivity index (χ2n) is 9.38. The van der Waals surface area contributed by atoms with E-state index in [0.29, 0.717) is 38.3 Å². The van der Waals surface area contributed by atoms with Crippen molar-refractivity contribution < 1.29 is 14.0 Å². The van der Waals surface area contributed by atoms with E-state index in [1.807, 2.05) is 40.3 Å². The monoisotopic (exact) mass is 437 g/mol. The van der Waals surface area contributed by atoms with Gasteiger partial charge < -0.3 is 9.80 Å². The number of likely N-dealkylation sites (tertiary alicyclic amines) is 2. The topological polar surface area (TPSA) is 53.5 Å². The van der Waals surface area contributed by atoms with E-state index in [4.69, 9.17) is 0 Å². The van der Waals surface area contributed by atoms with Crippen LogP contribution >= 0.6 is 0 Å². The standard InChI is InChI=1S/C26H32FN3O2/c1-20(31)29-14-10-26(11-15-29,18-21-6-4-8-23(27)16-21)25(32)30-13-5-7-22(19-30)17-24-9-2-3-12-28-24/h2-4,6,8-9,12,16,22H,5,7,10-11,13-15,17-19H2,1H3/t22-/m1/s1. The SMILES string of the molecule is CC(=O)N1CCC(Cc2cccc(F)c2)(C(=O)N2CCC[C@H](Cc3ccccn3)C2)CC1. The Bertz CT molecular complexity index is 941. The molecule has 4 rings (SSSR count). The number of carbonyl (C=O) groups is 2. The highest BCUT2D eigenvalue weighted by Gasteiger charge is 2.45. The van der Waals surface area contributed by atoms with Crippen LogP contribution in [0.15, 0.2) is 48.7 Å². The normalized spacial score (nSPS) is 20.8. The molecule has 1 atom stereocenters. The molecule has 2 saturated heterocycles. The Morgan fingerprint density at radius 2 is 1.91 bits per heavy atom. The van der Waals surface area contributed by atoms with Gasteiger partial charge in [-0.3, -0.25) is 14.6 Å². The molecule has 0 bridgehead atoms. The van der Waals surface area contributed by atoms with Gasteiger partial charge in [-0.05, 0) is 74.3 Å². The minimum atomic E-state index is -0.591. The van der Waals surface area contributed by atoms with Crippen molar-refractivity contribution in [3.05, 3.63) is 65.7 Å². The minimum Gasteiger partial charge on any atom is -0.343 e. The molecule has 2 aliphatic rings. The number of aromatic nitrogens is 1. The van der Waals surface area contributed by atoms with Gasteiger partial charge in [0.15, 0.2) is 0 Å². The maximum absolute atomic E-state index is 14.0. The number of rotatable bonds is 5. The zero-order valence-corrected chi connectivity index (χ0v) is 18.8. The summed E-state index contributed by atoms with van der Waals surface area (Å²) in [4.78, 5) is 34.1. The van der Waals surface area contributed by atoms with Gasteiger partial charge in [0.05, 0.1) is 5.41 Å². The lowest BCUT2D eigenvalue weighted by Crippen LogP contribution is -2.54. The van der Waals surface area contributed by atoms with Gasteiger partial charge in [-0.2, -0.15) is 0 Å². The summed E-state index contributed by atoms with van der Waals surface area (Å²) < 4.78 is 13.9. The molecular formula is C26H32FN3O2. The van der Waals surface area contributed by atoms with Crippen LogP contribution in [0.2, 0.25) is 0 Å².